The van der Waals surface area contributed by atoms with E-state index in [9.17, 15) is 0 Å². The molecule has 0 saturated heterocycles. The fourth-order valence-electron chi connectivity index (χ4n) is 1.63. The molecule has 1 saturated carbocycles. The zero-order valence-electron chi connectivity index (χ0n) is 9.23. The fourth-order valence-corrected chi connectivity index (χ4v) is 1.63. The zero-order valence-corrected chi connectivity index (χ0v) is 9.23. The van der Waals surface area contributed by atoms with Crippen molar-refractivity contribution < 1.29 is 4.74 Å². The first-order chi connectivity index (χ1) is 6.12. The average molecular weight is 185 g/mol. The Balaban J connectivity index is 1.89. The van der Waals surface area contributed by atoms with Crippen molar-refractivity contribution in [3.63, 3.8) is 0 Å². The molecule has 0 bridgehead atoms. The highest BCUT2D eigenvalue weighted by Gasteiger charge is 2.30. The molecule has 1 rings (SSSR count). The molecule has 1 N–H and O–H groups in total. The Kier molecular flexibility index (Phi) is 4.20. The van der Waals surface area contributed by atoms with Gasteiger partial charge in [-0.15, -0.1) is 0 Å². The van der Waals surface area contributed by atoms with E-state index in [1.807, 2.05) is 0 Å². The van der Waals surface area contributed by atoms with Crippen LogP contribution in [0.1, 0.15) is 40.0 Å². The van der Waals surface area contributed by atoms with Gasteiger partial charge in [-0.1, -0.05) is 13.8 Å². The first-order valence-electron chi connectivity index (χ1n) is 5.45. The summed E-state index contributed by atoms with van der Waals surface area (Å²) in [6.07, 6.45) is 4.05. The predicted octanol–water partition coefficient (Wildman–Crippen LogP) is 2.19. The van der Waals surface area contributed by atoms with Crippen LogP contribution in [0.15, 0.2) is 0 Å². The van der Waals surface area contributed by atoms with Crippen molar-refractivity contribution in [3.8, 4) is 0 Å². The van der Waals surface area contributed by atoms with Gasteiger partial charge in [0.2, 0.25) is 0 Å². The molecule has 78 valence electrons. The van der Waals surface area contributed by atoms with Gasteiger partial charge < -0.3 is 10.1 Å². The van der Waals surface area contributed by atoms with E-state index in [0.29, 0.717) is 11.5 Å². The molecule has 13 heavy (non-hydrogen) atoms. The zero-order chi connectivity index (χ0) is 9.73. The highest BCUT2D eigenvalue weighted by molar-refractivity contribution is 4.91. The molecule has 0 spiro atoms. The first kappa shape index (κ1) is 11.0. The minimum absolute atomic E-state index is 0.432. The van der Waals surface area contributed by atoms with Crippen LogP contribution in [0.25, 0.3) is 0 Å². The third-order valence-corrected chi connectivity index (χ3v) is 2.71. The third kappa shape index (κ3) is 4.10. The van der Waals surface area contributed by atoms with Gasteiger partial charge in [-0.05, 0) is 32.1 Å². The van der Waals surface area contributed by atoms with Gasteiger partial charge in [0.1, 0.15) is 0 Å². The molecule has 0 aromatic rings. The molecule has 2 nitrogen and oxygen atoms in total. The van der Waals surface area contributed by atoms with E-state index in [1.165, 1.54) is 19.3 Å². The molecule has 1 aliphatic rings. The Morgan fingerprint density at radius 2 is 2.08 bits per heavy atom. The summed E-state index contributed by atoms with van der Waals surface area (Å²) in [5.74, 6) is 0.652. The molecule has 0 aromatic carbocycles. The summed E-state index contributed by atoms with van der Waals surface area (Å²) in [5.41, 5.74) is 0.432. The normalized spacial score (nSPS) is 20.3. The van der Waals surface area contributed by atoms with Gasteiger partial charge in [-0.25, -0.2) is 0 Å². The highest BCUT2D eigenvalue weighted by atomic mass is 16.5. The van der Waals surface area contributed by atoms with Crippen LogP contribution >= 0.6 is 0 Å². The van der Waals surface area contributed by atoms with E-state index >= 15 is 0 Å². The Labute approximate surface area is 82.0 Å². The van der Waals surface area contributed by atoms with Crippen LogP contribution in [0.2, 0.25) is 0 Å². The lowest BCUT2D eigenvalue weighted by atomic mass is 9.78. The van der Waals surface area contributed by atoms with Crippen molar-refractivity contribution in [1.29, 1.82) is 0 Å². The van der Waals surface area contributed by atoms with E-state index in [-0.39, 0.29) is 0 Å². The third-order valence-electron chi connectivity index (χ3n) is 2.71. The molecule has 1 fully saturated rings. The second kappa shape index (κ2) is 4.97. The molecule has 0 aliphatic heterocycles. The molecule has 0 amide bonds. The summed E-state index contributed by atoms with van der Waals surface area (Å²) in [6.45, 7) is 9.41. The van der Waals surface area contributed by atoms with Crippen molar-refractivity contribution in [2.45, 2.75) is 45.6 Å². The Morgan fingerprint density at radius 3 is 2.54 bits per heavy atom. The lowest BCUT2D eigenvalue weighted by Crippen LogP contribution is -2.49. The van der Waals surface area contributed by atoms with Crippen LogP contribution in [0.3, 0.4) is 0 Å². The predicted molar refractivity (Wildman–Crippen MR) is 55.9 cm³/mol. The van der Waals surface area contributed by atoms with E-state index in [0.717, 1.165) is 19.8 Å². The van der Waals surface area contributed by atoms with Crippen LogP contribution in [0.5, 0.6) is 0 Å². The summed E-state index contributed by atoms with van der Waals surface area (Å²) in [4.78, 5) is 0. The van der Waals surface area contributed by atoms with Crippen molar-refractivity contribution >= 4 is 0 Å². The van der Waals surface area contributed by atoms with Gasteiger partial charge in [0.25, 0.3) is 0 Å². The van der Waals surface area contributed by atoms with Gasteiger partial charge >= 0.3 is 0 Å². The maximum Gasteiger partial charge on any atom is 0.0591 e. The smallest absolute Gasteiger partial charge is 0.0591 e. The van der Waals surface area contributed by atoms with Gasteiger partial charge in [-0.2, -0.15) is 0 Å². The number of rotatable bonds is 6. The number of hydrogen-bond donors (Lipinski definition) is 1. The van der Waals surface area contributed by atoms with E-state index in [4.69, 9.17) is 4.74 Å². The van der Waals surface area contributed by atoms with Crippen molar-refractivity contribution in [1.82, 2.24) is 5.32 Å². The standard InChI is InChI=1S/C11H23NO/c1-10(2)9-13-8-7-12-11(3)5-4-6-11/h10,12H,4-9H2,1-3H3. The topological polar surface area (TPSA) is 21.3 Å². The minimum atomic E-state index is 0.432. The Bertz CT molecular complexity index is 141. The van der Waals surface area contributed by atoms with Gasteiger partial charge in [0.15, 0.2) is 0 Å². The molecule has 0 unspecified atom stereocenters. The maximum atomic E-state index is 5.50. The molecule has 0 aromatic heterocycles. The molecular weight excluding hydrogens is 162 g/mol. The molecule has 0 heterocycles. The molecule has 2 heteroatoms. The van der Waals surface area contributed by atoms with E-state index in [2.05, 4.69) is 26.1 Å². The molecule has 0 radical (unpaired) electrons. The lowest BCUT2D eigenvalue weighted by molar-refractivity contribution is 0.0979. The quantitative estimate of drug-likeness (QED) is 0.640. The van der Waals surface area contributed by atoms with Gasteiger partial charge in [-0.3, -0.25) is 0 Å². The highest BCUT2D eigenvalue weighted by Crippen LogP contribution is 2.30. The van der Waals surface area contributed by atoms with E-state index in [1.54, 1.807) is 0 Å². The van der Waals surface area contributed by atoms with Crippen molar-refractivity contribution in [2.75, 3.05) is 19.8 Å². The number of nitrogens with one attached hydrogen (secondary N) is 1. The van der Waals surface area contributed by atoms with Crippen LogP contribution in [-0.4, -0.2) is 25.3 Å². The lowest BCUT2D eigenvalue weighted by Gasteiger charge is -2.39. The first-order valence-corrected chi connectivity index (χ1v) is 5.45. The van der Waals surface area contributed by atoms with Crippen LogP contribution in [0, 0.1) is 5.92 Å². The summed E-state index contributed by atoms with van der Waals surface area (Å²) in [6, 6.07) is 0. The molecule has 1 aliphatic carbocycles. The van der Waals surface area contributed by atoms with Gasteiger partial charge in [0, 0.05) is 18.7 Å². The summed E-state index contributed by atoms with van der Waals surface area (Å²) >= 11 is 0. The fraction of sp³-hybridized carbons (Fsp3) is 1.00. The van der Waals surface area contributed by atoms with Gasteiger partial charge in [0.05, 0.1) is 6.61 Å². The Hall–Kier alpha value is -0.0800. The summed E-state index contributed by atoms with van der Waals surface area (Å²) in [7, 11) is 0. The second-order valence-corrected chi connectivity index (χ2v) is 4.81. The van der Waals surface area contributed by atoms with Crippen molar-refractivity contribution in [3.05, 3.63) is 0 Å². The minimum Gasteiger partial charge on any atom is -0.380 e. The largest absolute Gasteiger partial charge is 0.380 e. The maximum absolute atomic E-state index is 5.50. The summed E-state index contributed by atoms with van der Waals surface area (Å²) < 4.78 is 5.50. The van der Waals surface area contributed by atoms with Crippen LogP contribution in [0.4, 0.5) is 0 Å². The van der Waals surface area contributed by atoms with Crippen LogP contribution in [-0.2, 0) is 4.74 Å². The van der Waals surface area contributed by atoms with Crippen molar-refractivity contribution in [2.24, 2.45) is 5.92 Å². The van der Waals surface area contributed by atoms with E-state index < -0.39 is 0 Å². The Morgan fingerprint density at radius 1 is 1.38 bits per heavy atom. The van der Waals surface area contributed by atoms with Crippen LogP contribution < -0.4 is 5.32 Å². The average Bonchev–Trinajstić information content (AvgIpc) is 2.00. The molecular formula is C11H23NO. The monoisotopic (exact) mass is 185 g/mol. The number of ether oxygens (including phenoxy) is 1. The summed E-state index contributed by atoms with van der Waals surface area (Å²) in [5, 5.41) is 3.54. The second-order valence-electron chi connectivity index (χ2n) is 4.81. The molecule has 0 atom stereocenters. The SMILES string of the molecule is CC(C)COCCNC1(C)CCC1. The number of hydrogen-bond acceptors (Lipinski definition) is 2.